The lowest BCUT2D eigenvalue weighted by molar-refractivity contribution is -0.129. The van der Waals surface area contributed by atoms with E-state index in [9.17, 15) is 9.59 Å². The predicted molar refractivity (Wildman–Crippen MR) is 97.0 cm³/mol. The van der Waals surface area contributed by atoms with Gasteiger partial charge in [0.2, 0.25) is 5.91 Å². The van der Waals surface area contributed by atoms with Crippen molar-refractivity contribution < 1.29 is 9.59 Å². The smallest absolute Gasteiger partial charge is 0.315 e. The first-order valence-electron chi connectivity index (χ1n) is 10.2. The standard InChI is InChI=1S/C20H33N3O2/c1-12(2)23-11-17(7-18(23)24)22-19(25)21-13(3)20-8-14-4-15(9-20)6-16(5-14)10-20/h12-17H,4-11H2,1-3H3,(H2,21,22,25). The second kappa shape index (κ2) is 6.17. The van der Waals surface area contributed by atoms with E-state index in [0.29, 0.717) is 18.4 Å². The van der Waals surface area contributed by atoms with E-state index in [1.54, 1.807) is 0 Å². The number of carbonyl (C=O) groups excluding carboxylic acids is 2. The SMILES string of the molecule is CC(C)N1CC(NC(=O)NC(C)C23CC4CC(CC(C4)C2)C3)CC1=O. The topological polar surface area (TPSA) is 61.4 Å². The minimum absolute atomic E-state index is 0.0570. The van der Waals surface area contributed by atoms with E-state index in [0.717, 1.165) is 17.8 Å². The molecule has 3 amide bonds. The number of likely N-dealkylation sites (tertiary alicyclic amines) is 1. The fraction of sp³-hybridized carbons (Fsp3) is 0.900. The van der Waals surface area contributed by atoms with Gasteiger partial charge in [-0.05, 0) is 82.5 Å². The lowest BCUT2D eigenvalue weighted by Crippen LogP contribution is -2.57. The van der Waals surface area contributed by atoms with Crippen molar-refractivity contribution in [2.75, 3.05) is 6.54 Å². The van der Waals surface area contributed by atoms with Crippen molar-refractivity contribution in [3.8, 4) is 0 Å². The molecule has 0 aromatic rings. The van der Waals surface area contributed by atoms with Gasteiger partial charge in [-0.15, -0.1) is 0 Å². The molecule has 2 atom stereocenters. The summed E-state index contributed by atoms with van der Waals surface area (Å²) in [5.41, 5.74) is 0.321. The lowest BCUT2D eigenvalue weighted by Gasteiger charge is -2.59. The molecule has 140 valence electrons. The van der Waals surface area contributed by atoms with Crippen LogP contribution in [0.3, 0.4) is 0 Å². The van der Waals surface area contributed by atoms with Crippen LogP contribution in [0.25, 0.3) is 0 Å². The molecule has 5 aliphatic rings. The summed E-state index contributed by atoms with van der Waals surface area (Å²) in [4.78, 5) is 26.4. The normalized spacial score (nSPS) is 40.6. The summed E-state index contributed by atoms with van der Waals surface area (Å²) in [6.07, 6.45) is 8.59. The van der Waals surface area contributed by atoms with Crippen LogP contribution in [0.1, 0.15) is 65.7 Å². The number of hydrogen-bond acceptors (Lipinski definition) is 2. The molecule has 1 saturated heterocycles. The highest BCUT2D eigenvalue weighted by atomic mass is 16.2. The first-order chi connectivity index (χ1) is 11.8. The van der Waals surface area contributed by atoms with Crippen LogP contribution in [0.15, 0.2) is 0 Å². The van der Waals surface area contributed by atoms with Gasteiger partial charge >= 0.3 is 6.03 Å². The zero-order valence-corrected chi connectivity index (χ0v) is 15.9. The van der Waals surface area contributed by atoms with E-state index in [-0.39, 0.29) is 30.1 Å². The van der Waals surface area contributed by atoms with E-state index in [4.69, 9.17) is 0 Å². The fourth-order valence-corrected chi connectivity index (χ4v) is 6.61. The molecule has 5 rings (SSSR count). The van der Waals surface area contributed by atoms with Crippen molar-refractivity contribution in [2.45, 2.75) is 83.8 Å². The highest BCUT2D eigenvalue weighted by Gasteiger charge is 2.53. The van der Waals surface area contributed by atoms with Gasteiger partial charge in [0, 0.05) is 25.0 Å². The van der Waals surface area contributed by atoms with Gasteiger partial charge in [-0.25, -0.2) is 4.79 Å². The summed E-state index contributed by atoms with van der Waals surface area (Å²) in [5.74, 6) is 2.83. The Morgan fingerprint density at radius 2 is 1.64 bits per heavy atom. The summed E-state index contributed by atoms with van der Waals surface area (Å²) in [7, 11) is 0. The van der Waals surface area contributed by atoms with Gasteiger partial charge in [0.1, 0.15) is 0 Å². The molecule has 4 bridgehead atoms. The Labute approximate surface area is 151 Å². The summed E-state index contributed by atoms with van der Waals surface area (Å²) < 4.78 is 0. The number of nitrogens with one attached hydrogen (secondary N) is 2. The van der Waals surface area contributed by atoms with Crippen LogP contribution in [0.5, 0.6) is 0 Å². The minimum Gasteiger partial charge on any atom is -0.338 e. The first kappa shape index (κ1) is 17.2. The van der Waals surface area contributed by atoms with Gasteiger partial charge in [0.25, 0.3) is 0 Å². The lowest BCUT2D eigenvalue weighted by atomic mass is 9.48. The molecule has 1 heterocycles. The molecule has 0 aromatic heterocycles. The first-order valence-corrected chi connectivity index (χ1v) is 10.2. The molecular weight excluding hydrogens is 314 g/mol. The molecule has 4 saturated carbocycles. The average molecular weight is 348 g/mol. The van der Waals surface area contributed by atoms with Gasteiger partial charge < -0.3 is 15.5 Å². The van der Waals surface area contributed by atoms with Gasteiger partial charge in [-0.2, -0.15) is 0 Å². The maximum absolute atomic E-state index is 12.5. The number of carbonyl (C=O) groups is 2. The molecule has 2 N–H and O–H groups in total. The average Bonchev–Trinajstić information content (AvgIpc) is 2.86. The van der Waals surface area contributed by atoms with Gasteiger partial charge in [0.15, 0.2) is 0 Å². The minimum atomic E-state index is -0.0911. The molecule has 2 unspecified atom stereocenters. The molecule has 5 nitrogen and oxygen atoms in total. The van der Waals surface area contributed by atoms with Crippen molar-refractivity contribution in [3.63, 3.8) is 0 Å². The molecule has 4 aliphatic carbocycles. The predicted octanol–water partition coefficient (Wildman–Crippen LogP) is 2.90. The van der Waals surface area contributed by atoms with Crippen LogP contribution in [0.2, 0.25) is 0 Å². The highest BCUT2D eigenvalue weighted by Crippen LogP contribution is 2.61. The van der Waals surface area contributed by atoms with E-state index < -0.39 is 0 Å². The summed E-state index contributed by atoms with van der Waals surface area (Å²) in [6, 6.07) is 0.276. The Morgan fingerprint density at radius 3 is 2.12 bits per heavy atom. The van der Waals surface area contributed by atoms with E-state index in [1.807, 2.05) is 18.7 Å². The molecule has 0 aromatic carbocycles. The molecule has 0 radical (unpaired) electrons. The van der Waals surface area contributed by atoms with Gasteiger partial charge in [-0.3, -0.25) is 4.79 Å². The Bertz CT molecular complexity index is 524. The number of urea groups is 1. The van der Waals surface area contributed by atoms with Crippen LogP contribution in [-0.4, -0.2) is 41.5 Å². The largest absolute Gasteiger partial charge is 0.338 e. The third kappa shape index (κ3) is 3.15. The van der Waals surface area contributed by atoms with Crippen molar-refractivity contribution in [1.29, 1.82) is 0 Å². The zero-order chi connectivity index (χ0) is 17.8. The molecule has 25 heavy (non-hydrogen) atoms. The third-order valence-corrected chi connectivity index (χ3v) is 7.47. The van der Waals surface area contributed by atoms with Crippen molar-refractivity contribution in [2.24, 2.45) is 23.2 Å². The molecular formula is C20H33N3O2. The van der Waals surface area contributed by atoms with Crippen molar-refractivity contribution in [3.05, 3.63) is 0 Å². The van der Waals surface area contributed by atoms with E-state index in [1.165, 1.54) is 38.5 Å². The molecule has 1 aliphatic heterocycles. The maximum atomic E-state index is 12.5. The number of amides is 3. The summed E-state index contributed by atoms with van der Waals surface area (Å²) >= 11 is 0. The molecule has 5 heteroatoms. The fourth-order valence-electron chi connectivity index (χ4n) is 6.61. The molecule has 0 spiro atoms. The zero-order valence-electron chi connectivity index (χ0n) is 15.9. The van der Waals surface area contributed by atoms with Gasteiger partial charge in [0.05, 0.1) is 6.04 Å². The highest BCUT2D eigenvalue weighted by molar-refractivity contribution is 5.82. The number of rotatable bonds is 4. The van der Waals surface area contributed by atoms with Crippen LogP contribution in [0.4, 0.5) is 4.79 Å². The van der Waals surface area contributed by atoms with Crippen molar-refractivity contribution in [1.82, 2.24) is 15.5 Å². The monoisotopic (exact) mass is 347 g/mol. The number of nitrogens with zero attached hydrogens (tertiary/aromatic N) is 1. The Kier molecular flexibility index (Phi) is 4.24. The third-order valence-electron chi connectivity index (χ3n) is 7.47. The Morgan fingerprint density at radius 1 is 1.08 bits per heavy atom. The van der Waals surface area contributed by atoms with Gasteiger partial charge in [-0.1, -0.05) is 0 Å². The quantitative estimate of drug-likeness (QED) is 0.821. The second-order valence-corrected chi connectivity index (χ2v) is 9.66. The summed E-state index contributed by atoms with van der Waals surface area (Å²) in [5, 5.41) is 6.29. The maximum Gasteiger partial charge on any atom is 0.315 e. The van der Waals surface area contributed by atoms with Crippen molar-refractivity contribution >= 4 is 11.9 Å². The second-order valence-electron chi connectivity index (χ2n) is 9.66. The van der Waals surface area contributed by atoms with E-state index >= 15 is 0 Å². The Hall–Kier alpha value is -1.26. The summed E-state index contributed by atoms with van der Waals surface area (Å²) in [6.45, 7) is 6.88. The van der Waals surface area contributed by atoms with E-state index in [2.05, 4.69) is 17.6 Å². The van der Waals surface area contributed by atoms with Crippen LogP contribution < -0.4 is 10.6 Å². The van der Waals surface area contributed by atoms with Crippen LogP contribution >= 0.6 is 0 Å². The molecule has 5 fully saturated rings. The number of hydrogen-bond donors (Lipinski definition) is 2. The van der Waals surface area contributed by atoms with Crippen LogP contribution in [-0.2, 0) is 4.79 Å². The van der Waals surface area contributed by atoms with Crippen LogP contribution in [0, 0.1) is 23.2 Å². The Balaban J connectivity index is 1.33.